The Hall–Kier alpha value is 0.520. The second-order valence-electron chi connectivity index (χ2n) is 11.9. The van der Waals surface area contributed by atoms with Gasteiger partial charge in [0.05, 0.1) is 0 Å². The molecule has 4 heteroatoms. The normalized spacial score (nSPS) is 31.3. The minimum atomic E-state index is -1.15. The summed E-state index contributed by atoms with van der Waals surface area (Å²) >= 11 is 0. The fourth-order valence-electron chi connectivity index (χ4n) is 4.64. The van der Waals surface area contributed by atoms with Crippen LogP contribution in [0.4, 0.5) is 0 Å². The van der Waals surface area contributed by atoms with Gasteiger partial charge in [-0.05, 0) is 84.2 Å². The third-order valence-corrected chi connectivity index (χ3v) is 17.1. The standard InChI is InChI=1S/C12H26NP.C11H24NP/c1-11(2,3)13-9-8-10-14(13,7)12(4,5)6;1-10(2)12-8-7-9-13(12,6)11(3,4)5/h7-10H2,1-6H3;10H,6-9H2,1-5H3/t14-;13-/m10/s1. The molecule has 0 N–H and O–H groups in total. The summed E-state index contributed by atoms with van der Waals surface area (Å²) in [4.78, 5) is 0. The van der Waals surface area contributed by atoms with Crippen molar-refractivity contribution in [1.82, 2.24) is 9.34 Å². The number of hydrogen-bond donors (Lipinski definition) is 0. The van der Waals surface area contributed by atoms with Gasteiger partial charge in [-0.3, -0.25) is 9.34 Å². The second kappa shape index (κ2) is 8.34. The van der Waals surface area contributed by atoms with Gasteiger partial charge in [0.1, 0.15) is 0 Å². The molecule has 2 aliphatic heterocycles. The maximum Gasteiger partial charge on any atom is 0.0161 e. The number of hydrogen-bond acceptors (Lipinski definition) is 2. The largest absolute Gasteiger partial charge is 0.281 e. The zero-order valence-electron chi connectivity index (χ0n) is 20.5. The van der Waals surface area contributed by atoms with Crippen molar-refractivity contribution < 1.29 is 0 Å². The van der Waals surface area contributed by atoms with Crippen molar-refractivity contribution in [3.63, 3.8) is 0 Å². The average Bonchev–Trinajstić information content (AvgIpc) is 3.02. The minimum Gasteiger partial charge on any atom is -0.281 e. The zero-order valence-corrected chi connectivity index (χ0v) is 22.3. The van der Waals surface area contributed by atoms with Gasteiger partial charge in [-0.25, -0.2) is 0 Å². The highest BCUT2D eigenvalue weighted by atomic mass is 31.2. The quantitative estimate of drug-likeness (QED) is 0.428. The average molecular weight is 417 g/mol. The lowest BCUT2D eigenvalue weighted by Crippen LogP contribution is -2.40. The first-order valence-corrected chi connectivity index (χ1v) is 15.1. The molecule has 2 aliphatic rings. The first kappa shape index (κ1) is 25.6. The van der Waals surface area contributed by atoms with Crippen LogP contribution in [0.3, 0.4) is 0 Å². The van der Waals surface area contributed by atoms with Gasteiger partial charge in [-0.15, -0.1) is 0 Å². The van der Waals surface area contributed by atoms with Crippen LogP contribution >= 0.6 is 14.1 Å². The van der Waals surface area contributed by atoms with E-state index in [2.05, 4.69) is 98.1 Å². The zero-order chi connectivity index (χ0) is 21.5. The fraction of sp³-hybridized carbons (Fsp3) is 0.913. The molecule has 0 saturated carbocycles. The monoisotopic (exact) mass is 416 g/mol. The molecule has 2 atom stereocenters. The summed E-state index contributed by atoms with van der Waals surface area (Å²) in [5, 5.41) is 0.768. The van der Waals surface area contributed by atoms with E-state index < -0.39 is 14.1 Å². The summed E-state index contributed by atoms with van der Waals surface area (Å²) in [6.45, 7) is 28.2. The molecule has 2 fully saturated rings. The Bertz CT molecular complexity index is 585. The predicted molar refractivity (Wildman–Crippen MR) is 135 cm³/mol. The van der Waals surface area contributed by atoms with Crippen molar-refractivity contribution in [2.75, 3.05) is 25.4 Å². The van der Waals surface area contributed by atoms with Crippen LogP contribution in [0, 0.1) is 0 Å². The summed E-state index contributed by atoms with van der Waals surface area (Å²) in [5.74, 6) is 0. The van der Waals surface area contributed by atoms with E-state index in [0.29, 0.717) is 21.9 Å². The van der Waals surface area contributed by atoms with E-state index in [1.165, 1.54) is 38.3 Å². The maximum absolute atomic E-state index is 4.63. The Morgan fingerprint density at radius 3 is 1.41 bits per heavy atom. The van der Waals surface area contributed by atoms with Gasteiger partial charge in [0.2, 0.25) is 0 Å². The number of rotatable bonds is 1. The van der Waals surface area contributed by atoms with Crippen LogP contribution < -0.4 is 0 Å². The van der Waals surface area contributed by atoms with Crippen molar-refractivity contribution in [1.29, 1.82) is 0 Å². The van der Waals surface area contributed by atoms with Crippen molar-refractivity contribution >= 4 is 26.7 Å². The van der Waals surface area contributed by atoms with Gasteiger partial charge in [0, 0.05) is 24.7 Å². The van der Waals surface area contributed by atoms with Crippen LogP contribution in [0.5, 0.6) is 0 Å². The van der Waals surface area contributed by atoms with E-state index in [1.54, 1.807) is 0 Å². The third-order valence-electron chi connectivity index (χ3n) is 6.63. The predicted octanol–water partition coefficient (Wildman–Crippen LogP) is 6.92. The lowest BCUT2D eigenvalue weighted by molar-refractivity contribution is 0.273. The summed E-state index contributed by atoms with van der Waals surface area (Å²) in [5.41, 5.74) is 0.291. The molecule has 2 heterocycles. The van der Waals surface area contributed by atoms with E-state index in [4.69, 9.17) is 0 Å². The van der Waals surface area contributed by atoms with Crippen LogP contribution in [-0.2, 0) is 0 Å². The molecule has 2 rings (SSSR count). The van der Waals surface area contributed by atoms with Crippen molar-refractivity contribution in [2.45, 2.75) is 111 Å². The van der Waals surface area contributed by atoms with Gasteiger partial charge >= 0.3 is 0 Å². The molecule has 0 amide bonds. The Balaban J connectivity index is 0.000000271. The molecule has 0 aromatic carbocycles. The highest BCUT2D eigenvalue weighted by molar-refractivity contribution is 7.73. The summed E-state index contributed by atoms with van der Waals surface area (Å²) in [7, 11) is -2.24. The van der Waals surface area contributed by atoms with Crippen LogP contribution in [-0.4, -0.2) is 69.2 Å². The van der Waals surface area contributed by atoms with E-state index >= 15 is 0 Å². The van der Waals surface area contributed by atoms with Crippen LogP contribution in [0.15, 0.2) is 0 Å². The van der Waals surface area contributed by atoms with Gasteiger partial charge in [-0.2, -0.15) is 0 Å². The molecule has 0 aliphatic carbocycles. The first-order chi connectivity index (χ1) is 11.9. The van der Waals surface area contributed by atoms with Gasteiger partial charge in [-0.1, -0.05) is 54.1 Å². The number of nitrogens with zero attached hydrogens (tertiary/aromatic N) is 2. The van der Waals surface area contributed by atoms with Gasteiger partial charge in [0.15, 0.2) is 0 Å². The lowest BCUT2D eigenvalue weighted by atomic mass is 10.1. The van der Waals surface area contributed by atoms with Gasteiger partial charge in [0.25, 0.3) is 0 Å². The summed E-state index contributed by atoms with van der Waals surface area (Å²) in [6.07, 6.45) is 14.6. The summed E-state index contributed by atoms with van der Waals surface area (Å²) < 4.78 is 5.37. The Morgan fingerprint density at radius 2 is 1.11 bits per heavy atom. The SMILES string of the molecule is C=[P@@]1(C(C)(C)C)CCCN1C(C)C.C=[P@]1(C(C)(C)C)CCCN1C(C)(C)C. The molecule has 0 unspecified atom stereocenters. The van der Waals surface area contributed by atoms with Crippen LogP contribution in [0.1, 0.15) is 89.0 Å². The molecule has 162 valence electrons. The molecule has 0 aromatic rings. The molecule has 0 spiro atoms. The molecule has 0 aromatic heterocycles. The third kappa shape index (κ3) is 5.36. The van der Waals surface area contributed by atoms with E-state index in [9.17, 15) is 0 Å². The van der Waals surface area contributed by atoms with Crippen molar-refractivity contribution in [2.24, 2.45) is 0 Å². The molecule has 2 saturated heterocycles. The van der Waals surface area contributed by atoms with Crippen molar-refractivity contribution in [3.8, 4) is 0 Å². The van der Waals surface area contributed by atoms with Gasteiger partial charge < -0.3 is 0 Å². The Morgan fingerprint density at radius 1 is 0.704 bits per heavy atom. The first-order valence-electron chi connectivity index (χ1n) is 10.9. The van der Waals surface area contributed by atoms with E-state index in [-0.39, 0.29) is 0 Å². The fourth-order valence-corrected chi connectivity index (χ4v) is 12.4. The highest BCUT2D eigenvalue weighted by Gasteiger charge is 2.43. The molecule has 2 nitrogen and oxygen atoms in total. The summed E-state index contributed by atoms with van der Waals surface area (Å²) in [6, 6.07) is 0.674. The lowest BCUT2D eigenvalue weighted by Gasteiger charge is -2.47. The van der Waals surface area contributed by atoms with Crippen LogP contribution in [0.25, 0.3) is 0 Å². The van der Waals surface area contributed by atoms with Crippen molar-refractivity contribution in [3.05, 3.63) is 0 Å². The minimum absolute atomic E-state index is 0.291. The maximum atomic E-state index is 4.63. The topological polar surface area (TPSA) is 6.48 Å². The highest BCUT2D eigenvalue weighted by Crippen LogP contribution is 2.66. The smallest absolute Gasteiger partial charge is 0.0161 e. The van der Waals surface area contributed by atoms with Crippen LogP contribution in [0.2, 0.25) is 0 Å². The Labute approximate surface area is 172 Å². The molecular formula is C23H50N2P2. The molecular weight excluding hydrogens is 366 g/mol. The molecule has 0 radical (unpaired) electrons. The molecule has 0 bridgehead atoms. The van der Waals surface area contributed by atoms with E-state index in [1.807, 2.05) is 0 Å². The second-order valence-corrected chi connectivity index (χ2v) is 20.2. The Kier molecular flexibility index (Phi) is 7.89. The van der Waals surface area contributed by atoms with E-state index in [0.717, 1.165) is 0 Å². The molecule has 27 heavy (non-hydrogen) atoms.